The Morgan fingerprint density at radius 2 is 2.04 bits per heavy atom. The molecular formula is C18H17N5O2S. The number of anilines is 1. The monoisotopic (exact) mass is 367 g/mol. The summed E-state index contributed by atoms with van der Waals surface area (Å²) in [7, 11) is 1.81. The molecule has 2 amide bonds. The number of aromatic nitrogens is 3. The Kier molecular flexibility index (Phi) is 4.26. The molecule has 132 valence electrons. The first-order valence-corrected chi connectivity index (χ1v) is 9.16. The summed E-state index contributed by atoms with van der Waals surface area (Å²) in [6, 6.07) is 4.97. The van der Waals surface area contributed by atoms with E-state index in [1.165, 1.54) is 11.3 Å². The third kappa shape index (κ3) is 2.99. The zero-order chi connectivity index (χ0) is 18.1. The molecule has 0 saturated carbocycles. The maximum atomic E-state index is 12.8. The van der Waals surface area contributed by atoms with Crippen LogP contribution in [-0.2, 0) is 7.05 Å². The van der Waals surface area contributed by atoms with Crippen molar-refractivity contribution < 1.29 is 9.59 Å². The van der Waals surface area contributed by atoms with E-state index in [2.05, 4.69) is 15.4 Å². The molecule has 7 nitrogen and oxygen atoms in total. The molecule has 0 aromatic carbocycles. The second kappa shape index (κ2) is 6.72. The molecule has 1 N–H and O–H groups in total. The lowest BCUT2D eigenvalue weighted by molar-refractivity contribution is 0.0933. The van der Waals surface area contributed by atoms with Gasteiger partial charge in [-0.3, -0.25) is 24.2 Å². The third-order valence-corrected chi connectivity index (χ3v) is 5.05. The third-order valence-electron chi connectivity index (χ3n) is 4.37. The van der Waals surface area contributed by atoms with Crippen molar-refractivity contribution >= 4 is 29.0 Å². The van der Waals surface area contributed by atoms with Gasteiger partial charge in [0.05, 0.1) is 11.6 Å². The highest BCUT2D eigenvalue weighted by molar-refractivity contribution is 7.08. The molecule has 0 spiro atoms. The van der Waals surface area contributed by atoms with E-state index >= 15 is 0 Å². The molecule has 0 radical (unpaired) electrons. The Labute approximate surface area is 154 Å². The Bertz CT molecular complexity index is 936. The highest BCUT2D eigenvalue weighted by Gasteiger charge is 2.33. The second-order valence-electron chi connectivity index (χ2n) is 6.10. The van der Waals surface area contributed by atoms with Gasteiger partial charge in [-0.15, -0.1) is 0 Å². The van der Waals surface area contributed by atoms with Crippen molar-refractivity contribution in [2.45, 2.75) is 12.5 Å². The summed E-state index contributed by atoms with van der Waals surface area (Å²) in [4.78, 5) is 30.9. The van der Waals surface area contributed by atoms with Gasteiger partial charge in [-0.05, 0) is 30.0 Å². The normalized spacial score (nSPS) is 16.2. The number of carbonyl (C=O) groups excluding carboxylic acids is 2. The van der Waals surface area contributed by atoms with Gasteiger partial charge >= 0.3 is 0 Å². The minimum Gasteiger partial charge on any atom is -0.345 e. The van der Waals surface area contributed by atoms with Gasteiger partial charge in [-0.25, -0.2) is 0 Å². The van der Waals surface area contributed by atoms with Gasteiger partial charge in [-0.2, -0.15) is 16.4 Å². The second-order valence-corrected chi connectivity index (χ2v) is 6.88. The van der Waals surface area contributed by atoms with Crippen LogP contribution in [0.4, 0.5) is 5.82 Å². The molecule has 0 bridgehead atoms. The van der Waals surface area contributed by atoms with Crippen molar-refractivity contribution in [3.8, 4) is 0 Å². The van der Waals surface area contributed by atoms with Crippen LogP contribution in [0.1, 0.15) is 38.7 Å². The number of amides is 2. The van der Waals surface area contributed by atoms with Gasteiger partial charge in [0, 0.05) is 48.7 Å². The predicted octanol–water partition coefficient (Wildman–Crippen LogP) is 2.40. The summed E-state index contributed by atoms with van der Waals surface area (Å²) in [6.45, 7) is 0.500. The van der Waals surface area contributed by atoms with Crippen LogP contribution in [-0.4, -0.2) is 33.1 Å². The largest absolute Gasteiger partial charge is 0.345 e. The average molecular weight is 367 g/mol. The highest BCUT2D eigenvalue weighted by Crippen LogP contribution is 2.33. The first kappa shape index (κ1) is 16.5. The van der Waals surface area contributed by atoms with Gasteiger partial charge < -0.3 is 5.32 Å². The van der Waals surface area contributed by atoms with Gasteiger partial charge in [0.2, 0.25) is 0 Å². The molecule has 1 aliphatic rings. The van der Waals surface area contributed by atoms with Crippen molar-refractivity contribution in [1.82, 2.24) is 20.1 Å². The van der Waals surface area contributed by atoms with E-state index in [1.54, 1.807) is 34.1 Å². The minimum absolute atomic E-state index is 0.0647. The number of hydrogen-bond acceptors (Lipinski definition) is 5. The maximum Gasteiger partial charge on any atom is 0.260 e. The number of thiophene rings is 1. The van der Waals surface area contributed by atoms with Crippen molar-refractivity contribution in [2.75, 3.05) is 11.4 Å². The molecule has 3 aromatic heterocycles. The molecule has 8 heteroatoms. The average Bonchev–Trinajstić information content (AvgIpc) is 3.31. The Hall–Kier alpha value is -3.00. The molecule has 0 fully saturated rings. The van der Waals surface area contributed by atoms with Crippen LogP contribution in [0.5, 0.6) is 0 Å². The standard InChI is InChI=1S/C18H17N5O2S/c1-22-10-14-15(20-17(24)12-2-6-19-7-3-12)4-8-23(16(14)21-22)18(25)13-5-9-26-11-13/h2-3,5-7,9-11,15H,4,8H2,1H3,(H,20,24). The number of carbonyl (C=O) groups is 2. The van der Waals surface area contributed by atoms with Crippen LogP contribution < -0.4 is 10.2 Å². The first-order chi connectivity index (χ1) is 12.6. The van der Waals surface area contributed by atoms with Gasteiger partial charge in [-0.1, -0.05) is 0 Å². The molecule has 0 aliphatic carbocycles. The summed E-state index contributed by atoms with van der Waals surface area (Å²) in [5.74, 6) is 0.380. The van der Waals surface area contributed by atoms with Crippen molar-refractivity contribution in [1.29, 1.82) is 0 Å². The van der Waals surface area contributed by atoms with Crippen molar-refractivity contribution in [3.63, 3.8) is 0 Å². The fraction of sp³-hybridized carbons (Fsp3) is 0.222. The molecule has 4 heterocycles. The number of rotatable bonds is 3. The van der Waals surface area contributed by atoms with Gasteiger partial charge in [0.15, 0.2) is 5.82 Å². The summed E-state index contributed by atoms with van der Waals surface area (Å²) in [5, 5.41) is 11.2. The van der Waals surface area contributed by atoms with Crippen LogP contribution in [0.25, 0.3) is 0 Å². The lowest BCUT2D eigenvalue weighted by Crippen LogP contribution is -2.40. The zero-order valence-corrected chi connectivity index (χ0v) is 14.9. The SMILES string of the molecule is Cn1cc2c(n1)N(C(=O)c1ccsc1)CCC2NC(=O)c1ccncc1. The fourth-order valence-corrected chi connectivity index (χ4v) is 3.73. The minimum atomic E-state index is -0.189. The lowest BCUT2D eigenvalue weighted by Gasteiger charge is -2.31. The molecular weight excluding hydrogens is 350 g/mol. The highest BCUT2D eigenvalue weighted by atomic mass is 32.1. The Morgan fingerprint density at radius 1 is 1.23 bits per heavy atom. The fourth-order valence-electron chi connectivity index (χ4n) is 3.10. The van der Waals surface area contributed by atoms with Gasteiger partial charge in [0.25, 0.3) is 11.8 Å². The number of nitrogens with one attached hydrogen (secondary N) is 1. The summed E-state index contributed by atoms with van der Waals surface area (Å²) < 4.78 is 1.68. The van der Waals surface area contributed by atoms with E-state index in [1.807, 2.05) is 30.1 Å². The molecule has 1 aliphatic heterocycles. The number of aryl methyl sites for hydroxylation is 1. The summed E-state index contributed by atoms with van der Waals surface area (Å²) in [5.41, 5.74) is 2.07. The van der Waals surface area contributed by atoms with Crippen LogP contribution >= 0.6 is 11.3 Å². The molecule has 3 aromatic rings. The number of nitrogens with zero attached hydrogens (tertiary/aromatic N) is 4. The van der Waals surface area contributed by atoms with E-state index in [9.17, 15) is 9.59 Å². The van der Waals surface area contributed by atoms with E-state index < -0.39 is 0 Å². The molecule has 1 unspecified atom stereocenters. The van der Waals surface area contributed by atoms with E-state index in [0.717, 1.165) is 5.56 Å². The number of hydrogen-bond donors (Lipinski definition) is 1. The van der Waals surface area contributed by atoms with E-state index in [4.69, 9.17) is 0 Å². The van der Waals surface area contributed by atoms with Crippen LogP contribution in [0.3, 0.4) is 0 Å². The maximum absolute atomic E-state index is 12.8. The topological polar surface area (TPSA) is 80.1 Å². The predicted molar refractivity (Wildman–Crippen MR) is 98.3 cm³/mol. The summed E-state index contributed by atoms with van der Waals surface area (Å²) in [6.07, 6.45) is 5.67. The molecule has 26 heavy (non-hydrogen) atoms. The quantitative estimate of drug-likeness (QED) is 0.771. The van der Waals surface area contributed by atoms with Crippen LogP contribution in [0.15, 0.2) is 47.5 Å². The smallest absolute Gasteiger partial charge is 0.260 e. The number of fused-ring (bicyclic) bond motifs is 1. The van der Waals surface area contributed by atoms with E-state index in [-0.39, 0.29) is 17.9 Å². The van der Waals surface area contributed by atoms with Gasteiger partial charge in [0.1, 0.15) is 0 Å². The lowest BCUT2D eigenvalue weighted by atomic mass is 10.0. The zero-order valence-electron chi connectivity index (χ0n) is 14.1. The number of pyridine rings is 1. The summed E-state index contributed by atoms with van der Waals surface area (Å²) >= 11 is 1.49. The first-order valence-electron chi connectivity index (χ1n) is 8.22. The van der Waals surface area contributed by atoms with E-state index in [0.29, 0.717) is 29.9 Å². The Morgan fingerprint density at radius 3 is 2.77 bits per heavy atom. The molecule has 4 rings (SSSR count). The molecule has 1 atom stereocenters. The van der Waals surface area contributed by atoms with Crippen LogP contribution in [0, 0.1) is 0 Å². The van der Waals surface area contributed by atoms with Crippen LogP contribution in [0.2, 0.25) is 0 Å². The van der Waals surface area contributed by atoms with Crippen molar-refractivity contribution in [3.05, 3.63) is 64.2 Å². The Balaban J connectivity index is 1.60. The van der Waals surface area contributed by atoms with Crippen molar-refractivity contribution in [2.24, 2.45) is 7.05 Å². The molecule has 0 saturated heterocycles.